The Bertz CT molecular complexity index is 602. The molecular weight excluding hydrogens is 268 g/mol. The summed E-state index contributed by atoms with van der Waals surface area (Å²) >= 11 is 1.06. The first-order valence-corrected chi connectivity index (χ1v) is 7.21. The summed E-state index contributed by atoms with van der Waals surface area (Å²) in [5.74, 6) is 0.625. The molecule has 92 valence electrons. The molecule has 0 N–H and O–H groups in total. The molecule has 1 unspecified atom stereocenters. The minimum atomic E-state index is -1.27. The van der Waals surface area contributed by atoms with E-state index in [0.29, 0.717) is 9.96 Å². The van der Waals surface area contributed by atoms with Crippen LogP contribution in [0.5, 0.6) is 5.88 Å². The molecule has 0 saturated heterocycles. The van der Waals surface area contributed by atoms with E-state index in [-0.39, 0.29) is 11.4 Å². The SMILES string of the molecule is COc1nsc(S(=O)Cc2ccccc2)c1C#N. The van der Waals surface area contributed by atoms with Gasteiger partial charge in [-0.05, 0) is 17.1 Å². The van der Waals surface area contributed by atoms with Crippen LogP contribution < -0.4 is 4.74 Å². The average molecular weight is 278 g/mol. The van der Waals surface area contributed by atoms with Crippen LogP contribution in [-0.2, 0) is 16.6 Å². The van der Waals surface area contributed by atoms with Gasteiger partial charge in [0.1, 0.15) is 15.8 Å². The Hall–Kier alpha value is -1.71. The van der Waals surface area contributed by atoms with Gasteiger partial charge in [-0.1, -0.05) is 30.3 Å². The van der Waals surface area contributed by atoms with Gasteiger partial charge in [-0.15, -0.1) is 0 Å². The van der Waals surface area contributed by atoms with Crippen LogP contribution in [0.1, 0.15) is 11.1 Å². The third-order valence-corrected chi connectivity index (χ3v) is 4.90. The zero-order valence-corrected chi connectivity index (χ0v) is 11.3. The molecule has 0 fully saturated rings. The largest absolute Gasteiger partial charge is 0.479 e. The van der Waals surface area contributed by atoms with E-state index in [2.05, 4.69) is 4.37 Å². The number of methoxy groups -OCH3 is 1. The van der Waals surface area contributed by atoms with Crippen molar-refractivity contribution in [1.82, 2.24) is 4.37 Å². The van der Waals surface area contributed by atoms with E-state index >= 15 is 0 Å². The quantitative estimate of drug-likeness (QED) is 0.861. The molecule has 1 aromatic carbocycles. The molecule has 0 amide bonds. The highest BCUT2D eigenvalue weighted by molar-refractivity contribution is 7.86. The average Bonchev–Trinajstić information content (AvgIpc) is 2.82. The molecule has 1 atom stereocenters. The molecule has 1 aromatic heterocycles. The summed E-state index contributed by atoms with van der Waals surface area (Å²) in [6.45, 7) is 0. The highest BCUT2D eigenvalue weighted by Gasteiger charge is 2.19. The van der Waals surface area contributed by atoms with Gasteiger partial charge in [0.25, 0.3) is 0 Å². The molecule has 18 heavy (non-hydrogen) atoms. The van der Waals surface area contributed by atoms with Crippen molar-refractivity contribution in [2.24, 2.45) is 0 Å². The number of benzene rings is 1. The van der Waals surface area contributed by atoms with Crippen molar-refractivity contribution >= 4 is 22.3 Å². The molecule has 4 nitrogen and oxygen atoms in total. The van der Waals surface area contributed by atoms with Crippen molar-refractivity contribution in [2.45, 2.75) is 9.96 Å². The Morgan fingerprint density at radius 2 is 2.17 bits per heavy atom. The number of hydrogen-bond acceptors (Lipinski definition) is 5. The monoisotopic (exact) mass is 278 g/mol. The minimum Gasteiger partial charge on any atom is -0.479 e. The van der Waals surface area contributed by atoms with Crippen molar-refractivity contribution in [2.75, 3.05) is 7.11 Å². The first-order chi connectivity index (χ1) is 8.76. The fraction of sp³-hybridized carbons (Fsp3) is 0.167. The Morgan fingerprint density at radius 3 is 2.78 bits per heavy atom. The maximum Gasteiger partial charge on any atom is 0.244 e. The van der Waals surface area contributed by atoms with Crippen LogP contribution in [0.3, 0.4) is 0 Å². The zero-order chi connectivity index (χ0) is 13.0. The van der Waals surface area contributed by atoms with Gasteiger partial charge >= 0.3 is 0 Å². The second-order valence-electron chi connectivity index (χ2n) is 3.44. The van der Waals surface area contributed by atoms with Crippen LogP contribution in [-0.4, -0.2) is 15.7 Å². The van der Waals surface area contributed by atoms with Crippen LogP contribution in [0.15, 0.2) is 34.5 Å². The number of nitriles is 1. The predicted octanol–water partition coefficient (Wildman–Crippen LogP) is 2.33. The summed E-state index contributed by atoms with van der Waals surface area (Å²) in [6, 6.07) is 11.5. The first kappa shape index (κ1) is 12.7. The van der Waals surface area contributed by atoms with Gasteiger partial charge in [-0.2, -0.15) is 9.64 Å². The minimum absolute atomic E-state index is 0.249. The normalized spacial score (nSPS) is 11.8. The van der Waals surface area contributed by atoms with E-state index in [1.165, 1.54) is 7.11 Å². The lowest BCUT2D eigenvalue weighted by molar-refractivity contribution is 0.400. The maximum atomic E-state index is 12.2. The lowest BCUT2D eigenvalue weighted by Gasteiger charge is -2.00. The number of ether oxygens (including phenoxy) is 1. The smallest absolute Gasteiger partial charge is 0.244 e. The van der Waals surface area contributed by atoms with Gasteiger partial charge in [0.15, 0.2) is 0 Å². The molecule has 0 aliphatic rings. The molecule has 0 aliphatic heterocycles. The topological polar surface area (TPSA) is 63.0 Å². The summed E-state index contributed by atoms with van der Waals surface area (Å²) in [5, 5.41) is 9.04. The fourth-order valence-electron chi connectivity index (χ4n) is 1.44. The molecule has 0 spiro atoms. The van der Waals surface area contributed by atoms with Gasteiger partial charge in [0.2, 0.25) is 5.88 Å². The van der Waals surface area contributed by atoms with Crippen LogP contribution in [0.4, 0.5) is 0 Å². The third kappa shape index (κ3) is 2.58. The zero-order valence-electron chi connectivity index (χ0n) is 9.62. The molecule has 0 radical (unpaired) electrons. The first-order valence-electron chi connectivity index (χ1n) is 5.12. The summed E-state index contributed by atoms with van der Waals surface area (Å²) in [5.41, 5.74) is 1.24. The number of aromatic nitrogens is 1. The van der Waals surface area contributed by atoms with Crippen LogP contribution in [0.25, 0.3) is 0 Å². The Morgan fingerprint density at radius 1 is 1.44 bits per heavy atom. The van der Waals surface area contributed by atoms with Gasteiger partial charge < -0.3 is 4.74 Å². The molecular formula is C12H10N2O2S2. The second kappa shape index (κ2) is 5.76. The summed E-state index contributed by atoms with van der Waals surface area (Å²) < 4.78 is 21.6. The van der Waals surface area contributed by atoms with Crippen molar-refractivity contribution in [3.63, 3.8) is 0 Å². The van der Waals surface area contributed by atoms with E-state index in [0.717, 1.165) is 17.1 Å². The van der Waals surface area contributed by atoms with Crippen LogP contribution >= 0.6 is 11.5 Å². The summed E-state index contributed by atoms with van der Waals surface area (Å²) in [4.78, 5) is 0. The van der Waals surface area contributed by atoms with Crippen molar-refractivity contribution < 1.29 is 8.95 Å². The van der Waals surface area contributed by atoms with E-state index in [1.54, 1.807) is 0 Å². The molecule has 0 aliphatic carbocycles. The third-order valence-electron chi connectivity index (χ3n) is 2.28. The van der Waals surface area contributed by atoms with Gasteiger partial charge in [-0.25, -0.2) is 0 Å². The number of nitrogens with zero attached hydrogens (tertiary/aromatic N) is 2. The molecule has 6 heteroatoms. The number of rotatable bonds is 4. The maximum absolute atomic E-state index is 12.2. The van der Waals surface area contributed by atoms with Crippen molar-refractivity contribution in [1.29, 1.82) is 5.26 Å². The Kier molecular flexibility index (Phi) is 4.07. The van der Waals surface area contributed by atoms with E-state index < -0.39 is 10.8 Å². The molecule has 0 bridgehead atoms. The van der Waals surface area contributed by atoms with E-state index in [1.807, 2.05) is 36.4 Å². The van der Waals surface area contributed by atoms with E-state index in [9.17, 15) is 4.21 Å². The van der Waals surface area contributed by atoms with Crippen LogP contribution in [0, 0.1) is 11.3 Å². The van der Waals surface area contributed by atoms with Crippen molar-refractivity contribution in [3.8, 4) is 11.9 Å². The van der Waals surface area contributed by atoms with Crippen molar-refractivity contribution in [3.05, 3.63) is 41.5 Å². The molecule has 2 rings (SSSR count). The molecule has 2 aromatic rings. The lowest BCUT2D eigenvalue weighted by Crippen LogP contribution is -1.96. The number of hydrogen-bond donors (Lipinski definition) is 0. The Labute approximate surface area is 111 Å². The summed E-state index contributed by atoms with van der Waals surface area (Å²) in [7, 11) is 0.171. The van der Waals surface area contributed by atoms with Gasteiger partial charge in [0.05, 0.1) is 23.7 Å². The second-order valence-corrected chi connectivity index (χ2v) is 5.86. The van der Waals surface area contributed by atoms with Gasteiger partial charge in [-0.3, -0.25) is 4.21 Å². The lowest BCUT2D eigenvalue weighted by atomic mass is 10.2. The molecule has 0 saturated carbocycles. The van der Waals surface area contributed by atoms with Crippen LogP contribution in [0.2, 0.25) is 0 Å². The molecule has 1 heterocycles. The highest BCUT2D eigenvalue weighted by atomic mass is 32.2. The summed E-state index contributed by atoms with van der Waals surface area (Å²) in [6.07, 6.45) is 0. The highest BCUT2D eigenvalue weighted by Crippen LogP contribution is 2.28. The fourth-order valence-corrected chi connectivity index (χ4v) is 3.60. The predicted molar refractivity (Wildman–Crippen MR) is 69.9 cm³/mol. The standard InChI is InChI=1S/C12H10N2O2S2/c1-16-11-10(7-13)12(17-14-11)18(15)8-9-5-3-2-4-6-9/h2-6H,8H2,1H3. The van der Waals surface area contributed by atoms with Gasteiger partial charge in [0, 0.05) is 0 Å². The Balaban J connectivity index is 2.25. The van der Waals surface area contributed by atoms with E-state index in [4.69, 9.17) is 10.00 Å².